The molecule has 1 aliphatic carbocycles. The number of hydrogen-bond acceptors (Lipinski definition) is 1. The molecule has 1 aliphatic rings. The zero-order valence-electron chi connectivity index (χ0n) is 12.0. The van der Waals surface area contributed by atoms with Crippen molar-refractivity contribution in [2.24, 2.45) is 5.92 Å². The highest BCUT2D eigenvalue weighted by molar-refractivity contribution is 5.96. The van der Waals surface area contributed by atoms with Crippen LogP contribution in [0.4, 0.5) is 4.39 Å². The third-order valence-electron chi connectivity index (χ3n) is 3.88. The maximum absolute atomic E-state index is 14.0. The van der Waals surface area contributed by atoms with Gasteiger partial charge in [-0.25, -0.2) is 4.39 Å². The Bertz CT molecular complexity index is 539. The first kappa shape index (κ1) is 13.8. The normalized spacial score (nSPS) is 15.4. The first-order valence-electron chi connectivity index (χ1n) is 6.60. The average molecular weight is 264 g/mol. The van der Waals surface area contributed by atoms with Gasteiger partial charge in [-0.05, 0) is 46.5 Å². The molecular weight excluding hydrogens is 243 g/mol. The highest BCUT2D eigenvalue weighted by Crippen LogP contribution is 2.39. The van der Waals surface area contributed by atoms with Crippen LogP contribution in [0.15, 0.2) is 12.8 Å². The molecule has 0 saturated heterocycles. The molecular formula is C15H21FN2O. The molecule has 4 heteroatoms. The van der Waals surface area contributed by atoms with E-state index < -0.39 is 5.82 Å². The van der Waals surface area contributed by atoms with E-state index in [-0.39, 0.29) is 17.0 Å². The monoisotopic (exact) mass is 264 g/mol. The van der Waals surface area contributed by atoms with Crippen LogP contribution in [0.1, 0.15) is 49.7 Å². The lowest BCUT2D eigenvalue weighted by Crippen LogP contribution is -2.45. The van der Waals surface area contributed by atoms with Crippen LogP contribution in [-0.4, -0.2) is 16.0 Å². The Balaban J connectivity index is 2.26. The molecule has 19 heavy (non-hydrogen) atoms. The average Bonchev–Trinajstić information content (AvgIpc) is 3.05. The van der Waals surface area contributed by atoms with Crippen LogP contribution in [0.3, 0.4) is 0 Å². The number of rotatable bonds is 4. The Kier molecular flexibility index (Phi) is 3.29. The van der Waals surface area contributed by atoms with E-state index in [4.69, 9.17) is 0 Å². The molecule has 0 radical (unpaired) electrons. The van der Waals surface area contributed by atoms with E-state index in [2.05, 4.69) is 11.9 Å². The molecule has 1 heterocycles. The van der Waals surface area contributed by atoms with Gasteiger partial charge in [-0.3, -0.25) is 4.79 Å². The van der Waals surface area contributed by atoms with Crippen molar-refractivity contribution in [3.63, 3.8) is 0 Å². The molecule has 1 fully saturated rings. The van der Waals surface area contributed by atoms with Gasteiger partial charge in [0.2, 0.25) is 0 Å². The number of hydrogen-bond donors (Lipinski definition) is 1. The Morgan fingerprint density at radius 1 is 1.53 bits per heavy atom. The third kappa shape index (κ3) is 2.57. The fraction of sp³-hybridized carbons (Fsp3) is 0.533. The molecule has 1 aromatic heterocycles. The van der Waals surface area contributed by atoms with Gasteiger partial charge >= 0.3 is 0 Å². The lowest BCUT2D eigenvalue weighted by atomic mass is 9.98. The Labute approximate surface area is 113 Å². The van der Waals surface area contributed by atoms with Crippen molar-refractivity contribution >= 4 is 11.6 Å². The zero-order chi connectivity index (χ0) is 14.4. The topological polar surface area (TPSA) is 34.0 Å². The summed E-state index contributed by atoms with van der Waals surface area (Å²) < 4.78 is 15.6. The lowest BCUT2D eigenvalue weighted by molar-refractivity contribution is 0.0899. The van der Waals surface area contributed by atoms with Crippen LogP contribution in [0, 0.1) is 18.7 Å². The van der Waals surface area contributed by atoms with Gasteiger partial charge < -0.3 is 9.88 Å². The maximum atomic E-state index is 14.0. The van der Waals surface area contributed by atoms with Crippen molar-refractivity contribution in [3.05, 3.63) is 29.9 Å². The van der Waals surface area contributed by atoms with Crippen LogP contribution < -0.4 is 5.32 Å². The highest BCUT2D eigenvalue weighted by atomic mass is 19.1. The minimum Gasteiger partial charge on any atom is -0.347 e. The Hall–Kier alpha value is -1.58. The minimum absolute atomic E-state index is 0.122. The van der Waals surface area contributed by atoms with Crippen LogP contribution in [0.2, 0.25) is 0 Å². The van der Waals surface area contributed by atoms with Crippen molar-refractivity contribution in [2.75, 3.05) is 0 Å². The van der Waals surface area contributed by atoms with E-state index in [1.165, 1.54) is 6.20 Å². The molecule has 0 spiro atoms. The van der Waals surface area contributed by atoms with Crippen molar-refractivity contribution in [2.45, 2.75) is 46.1 Å². The van der Waals surface area contributed by atoms with Crippen molar-refractivity contribution in [1.29, 1.82) is 0 Å². The number of allylic oxidation sites excluding steroid dienone is 1. The second-order valence-electron chi connectivity index (χ2n) is 5.99. The van der Waals surface area contributed by atoms with Gasteiger partial charge in [-0.2, -0.15) is 0 Å². The highest BCUT2D eigenvalue weighted by Gasteiger charge is 2.39. The van der Waals surface area contributed by atoms with E-state index in [0.717, 1.165) is 12.8 Å². The molecule has 1 saturated carbocycles. The largest absolute Gasteiger partial charge is 0.347 e. The standard InChI is InChI=1S/C15H21FN2O/c1-9(2)18-8-12(16)13(10(18)3)14(19)17-15(4,5)11-6-7-11/h8,11H,1,6-7H2,2-5H3,(H,17,19). The van der Waals surface area contributed by atoms with Crippen LogP contribution in [0.25, 0.3) is 5.70 Å². The molecule has 104 valence electrons. The number of nitrogens with zero attached hydrogens (tertiary/aromatic N) is 1. The van der Waals surface area contributed by atoms with Crippen molar-refractivity contribution in [3.8, 4) is 0 Å². The number of nitrogens with one attached hydrogen (secondary N) is 1. The first-order chi connectivity index (χ1) is 8.74. The SMILES string of the molecule is C=C(C)n1cc(F)c(C(=O)NC(C)(C)C2CC2)c1C. The summed E-state index contributed by atoms with van der Waals surface area (Å²) in [7, 11) is 0. The maximum Gasteiger partial charge on any atom is 0.256 e. The second-order valence-corrected chi connectivity index (χ2v) is 5.99. The molecule has 0 aromatic carbocycles. The van der Waals surface area contributed by atoms with Gasteiger partial charge in [0, 0.05) is 23.1 Å². The quantitative estimate of drug-likeness (QED) is 0.889. The van der Waals surface area contributed by atoms with Gasteiger partial charge in [0.25, 0.3) is 5.91 Å². The molecule has 2 rings (SSSR count). The third-order valence-corrected chi connectivity index (χ3v) is 3.88. The van der Waals surface area contributed by atoms with Crippen molar-refractivity contribution in [1.82, 2.24) is 9.88 Å². The first-order valence-corrected chi connectivity index (χ1v) is 6.60. The van der Waals surface area contributed by atoms with E-state index in [1.807, 2.05) is 13.8 Å². The number of aromatic nitrogens is 1. The minimum atomic E-state index is -0.496. The smallest absolute Gasteiger partial charge is 0.256 e. The predicted octanol–water partition coefficient (Wildman–Crippen LogP) is 3.34. The molecule has 0 aliphatic heterocycles. The van der Waals surface area contributed by atoms with E-state index in [1.54, 1.807) is 18.4 Å². The van der Waals surface area contributed by atoms with Gasteiger partial charge in [0.1, 0.15) is 0 Å². The Morgan fingerprint density at radius 3 is 2.53 bits per heavy atom. The summed E-state index contributed by atoms with van der Waals surface area (Å²) in [6.45, 7) is 11.3. The van der Waals surface area contributed by atoms with Gasteiger partial charge in [-0.15, -0.1) is 0 Å². The van der Waals surface area contributed by atoms with Crippen molar-refractivity contribution < 1.29 is 9.18 Å². The summed E-state index contributed by atoms with van der Waals surface area (Å²) in [6, 6.07) is 0. The molecule has 1 amide bonds. The molecule has 0 bridgehead atoms. The van der Waals surface area contributed by atoms with Gasteiger partial charge in [0.15, 0.2) is 5.82 Å². The summed E-state index contributed by atoms with van der Waals surface area (Å²) in [5.41, 5.74) is 1.13. The summed E-state index contributed by atoms with van der Waals surface area (Å²) in [6.07, 6.45) is 3.57. The molecule has 1 aromatic rings. The lowest BCUT2D eigenvalue weighted by Gasteiger charge is -2.26. The van der Waals surface area contributed by atoms with Crippen LogP contribution >= 0.6 is 0 Å². The van der Waals surface area contributed by atoms with E-state index >= 15 is 0 Å². The summed E-state index contributed by atoms with van der Waals surface area (Å²) >= 11 is 0. The number of carbonyl (C=O) groups excluding carboxylic acids is 1. The fourth-order valence-corrected chi connectivity index (χ4v) is 2.50. The fourth-order valence-electron chi connectivity index (χ4n) is 2.50. The number of amides is 1. The summed E-state index contributed by atoms with van der Waals surface area (Å²) in [5.74, 6) is -0.334. The second kappa shape index (κ2) is 4.51. The van der Waals surface area contributed by atoms with Crippen LogP contribution in [0.5, 0.6) is 0 Å². The van der Waals surface area contributed by atoms with E-state index in [0.29, 0.717) is 17.3 Å². The van der Waals surface area contributed by atoms with Gasteiger partial charge in [0.05, 0.1) is 5.56 Å². The number of carbonyl (C=O) groups is 1. The molecule has 0 unspecified atom stereocenters. The molecule has 1 N–H and O–H groups in total. The van der Waals surface area contributed by atoms with Crippen LogP contribution in [-0.2, 0) is 0 Å². The molecule has 0 atom stereocenters. The molecule has 3 nitrogen and oxygen atoms in total. The summed E-state index contributed by atoms with van der Waals surface area (Å²) in [5, 5.41) is 2.95. The zero-order valence-corrected chi connectivity index (χ0v) is 12.0. The summed E-state index contributed by atoms with van der Waals surface area (Å²) in [4.78, 5) is 12.3. The predicted molar refractivity (Wildman–Crippen MR) is 74.4 cm³/mol. The Morgan fingerprint density at radius 2 is 2.11 bits per heavy atom. The van der Waals surface area contributed by atoms with E-state index in [9.17, 15) is 9.18 Å². The van der Waals surface area contributed by atoms with Gasteiger partial charge in [-0.1, -0.05) is 6.58 Å². The number of halogens is 1.